The van der Waals surface area contributed by atoms with Crippen LogP contribution in [0.1, 0.15) is 5.56 Å². The Bertz CT molecular complexity index is 1100. The minimum absolute atomic E-state index is 0.294. The summed E-state index contributed by atoms with van der Waals surface area (Å²) in [7, 11) is 1.76. The first-order valence-corrected chi connectivity index (χ1v) is 9.74. The maximum absolute atomic E-state index is 5.38. The summed E-state index contributed by atoms with van der Waals surface area (Å²) in [5, 5.41) is 6.53. The molecule has 136 valence electrons. The van der Waals surface area contributed by atoms with Gasteiger partial charge in [0.2, 0.25) is 0 Å². The molecule has 0 bridgehead atoms. The van der Waals surface area contributed by atoms with Gasteiger partial charge >= 0.3 is 0 Å². The van der Waals surface area contributed by atoms with E-state index < -0.39 is 0 Å². The quantitative estimate of drug-likeness (QED) is 0.543. The van der Waals surface area contributed by atoms with E-state index >= 15 is 0 Å². The summed E-state index contributed by atoms with van der Waals surface area (Å²) >= 11 is 1.68. The van der Waals surface area contributed by atoms with Crippen LogP contribution in [-0.2, 0) is 4.74 Å². The molecule has 0 aromatic carbocycles. The van der Waals surface area contributed by atoms with Crippen LogP contribution in [0.2, 0.25) is 0 Å². The molecular weight excluding hydrogens is 358 g/mol. The number of hydrogen-bond donors (Lipinski definition) is 0. The third kappa shape index (κ3) is 2.89. The second kappa shape index (κ2) is 6.44. The molecule has 4 aromatic heterocycles. The van der Waals surface area contributed by atoms with Crippen molar-refractivity contribution in [2.24, 2.45) is 0 Å². The monoisotopic (exact) mass is 377 g/mol. The van der Waals surface area contributed by atoms with Crippen molar-refractivity contribution in [1.29, 1.82) is 0 Å². The molecule has 4 aromatic rings. The molecule has 5 rings (SSSR count). The Balaban J connectivity index is 1.57. The van der Waals surface area contributed by atoms with Gasteiger partial charge in [0.15, 0.2) is 5.65 Å². The Hall–Kier alpha value is -2.77. The smallest absolute Gasteiger partial charge is 0.165 e. The summed E-state index contributed by atoms with van der Waals surface area (Å²) in [5.74, 6) is 0.979. The lowest BCUT2D eigenvalue weighted by atomic mass is 10.1. The van der Waals surface area contributed by atoms with Gasteiger partial charge in [-0.3, -0.25) is 0 Å². The first-order chi connectivity index (χ1) is 13.2. The Morgan fingerprint density at radius 1 is 1.15 bits per heavy atom. The molecule has 0 amide bonds. The van der Waals surface area contributed by atoms with E-state index in [0.717, 1.165) is 46.4 Å². The highest BCUT2D eigenvalue weighted by Crippen LogP contribution is 2.30. The number of rotatable bonds is 4. The van der Waals surface area contributed by atoms with Gasteiger partial charge < -0.3 is 9.64 Å². The fourth-order valence-corrected chi connectivity index (χ4v) is 4.03. The van der Waals surface area contributed by atoms with Crippen LogP contribution in [0.3, 0.4) is 0 Å². The third-order valence-corrected chi connectivity index (χ3v) is 5.77. The molecule has 1 fully saturated rings. The summed E-state index contributed by atoms with van der Waals surface area (Å²) in [4.78, 5) is 13.1. The lowest BCUT2D eigenvalue weighted by Crippen LogP contribution is -2.52. The minimum atomic E-state index is 0.294. The summed E-state index contributed by atoms with van der Waals surface area (Å²) in [5.41, 5.74) is 4.80. The number of aromatic nitrogens is 4. The molecule has 1 saturated heterocycles. The number of anilines is 1. The molecule has 0 aliphatic carbocycles. The fraction of sp³-hybridized carbons (Fsp3) is 0.250. The van der Waals surface area contributed by atoms with Crippen LogP contribution in [0, 0.1) is 6.92 Å². The first-order valence-electron chi connectivity index (χ1n) is 8.86. The van der Waals surface area contributed by atoms with Crippen molar-refractivity contribution in [3.05, 3.63) is 53.7 Å². The largest absolute Gasteiger partial charge is 0.378 e. The zero-order chi connectivity index (χ0) is 18.4. The summed E-state index contributed by atoms with van der Waals surface area (Å²) < 4.78 is 7.19. The number of fused-ring (bicyclic) bond motifs is 1. The van der Waals surface area contributed by atoms with Gasteiger partial charge in [-0.15, -0.1) is 11.3 Å². The van der Waals surface area contributed by atoms with E-state index in [0.29, 0.717) is 6.10 Å². The van der Waals surface area contributed by atoms with Gasteiger partial charge in [0.1, 0.15) is 5.82 Å². The normalized spacial score (nSPS) is 14.7. The predicted octanol–water partition coefficient (Wildman–Crippen LogP) is 3.66. The molecule has 7 heteroatoms. The minimum Gasteiger partial charge on any atom is -0.378 e. The van der Waals surface area contributed by atoms with Crippen LogP contribution >= 0.6 is 11.3 Å². The summed E-state index contributed by atoms with van der Waals surface area (Å²) in [6.45, 7) is 3.85. The van der Waals surface area contributed by atoms with Crippen molar-refractivity contribution in [1.82, 2.24) is 19.6 Å². The maximum Gasteiger partial charge on any atom is 0.165 e. The number of pyridine rings is 1. The van der Waals surface area contributed by atoms with Gasteiger partial charge in [0.25, 0.3) is 0 Å². The molecule has 1 aliphatic rings. The molecule has 0 unspecified atom stereocenters. The highest BCUT2D eigenvalue weighted by atomic mass is 32.1. The van der Waals surface area contributed by atoms with Gasteiger partial charge in [-0.2, -0.15) is 5.10 Å². The number of nitrogens with zero attached hydrogens (tertiary/aromatic N) is 5. The van der Waals surface area contributed by atoms with E-state index in [-0.39, 0.29) is 0 Å². The maximum atomic E-state index is 5.38. The highest BCUT2D eigenvalue weighted by molar-refractivity contribution is 7.13. The van der Waals surface area contributed by atoms with E-state index in [2.05, 4.69) is 40.5 Å². The lowest BCUT2D eigenvalue weighted by molar-refractivity contribution is 0.0783. The van der Waals surface area contributed by atoms with E-state index in [1.807, 2.05) is 24.5 Å². The molecule has 5 heterocycles. The average Bonchev–Trinajstić information content (AvgIpc) is 3.30. The number of methoxy groups -OCH3 is 1. The molecule has 27 heavy (non-hydrogen) atoms. The zero-order valence-electron chi connectivity index (χ0n) is 15.2. The zero-order valence-corrected chi connectivity index (χ0v) is 16.0. The Labute approximate surface area is 161 Å². The van der Waals surface area contributed by atoms with Crippen molar-refractivity contribution in [2.45, 2.75) is 13.0 Å². The van der Waals surface area contributed by atoms with E-state index in [1.165, 1.54) is 5.56 Å². The molecule has 0 N–H and O–H groups in total. The Morgan fingerprint density at radius 2 is 2.04 bits per heavy atom. The molecule has 0 radical (unpaired) electrons. The topological polar surface area (TPSA) is 55.5 Å². The second-order valence-corrected chi connectivity index (χ2v) is 7.71. The fourth-order valence-electron chi connectivity index (χ4n) is 3.33. The van der Waals surface area contributed by atoms with Crippen LogP contribution < -0.4 is 4.90 Å². The number of ether oxygens (including phenoxy) is 1. The van der Waals surface area contributed by atoms with Crippen LogP contribution in [0.5, 0.6) is 0 Å². The number of thiophene rings is 1. The molecular formula is C20H19N5OS. The highest BCUT2D eigenvalue weighted by Gasteiger charge is 2.28. The summed E-state index contributed by atoms with van der Waals surface area (Å²) in [6, 6.07) is 10.3. The van der Waals surface area contributed by atoms with E-state index in [9.17, 15) is 0 Å². The van der Waals surface area contributed by atoms with Crippen molar-refractivity contribution in [2.75, 3.05) is 25.1 Å². The van der Waals surface area contributed by atoms with Crippen molar-refractivity contribution < 1.29 is 4.74 Å². The second-order valence-electron chi connectivity index (χ2n) is 6.77. The van der Waals surface area contributed by atoms with E-state index in [1.54, 1.807) is 23.0 Å². The average molecular weight is 377 g/mol. The van der Waals surface area contributed by atoms with Gasteiger partial charge in [0, 0.05) is 26.4 Å². The summed E-state index contributed by atoms with van der Waals surface area (Å²) in [6.07, 6.45) is 4.10. The van der Waals surface area contributed by atoms with Gasteiger partial charge in [-0.25, -0.2) is 14.5 Å². The van der Waals surface area contributed by atoms with Gasteiger partial charge in [-0.1, -0.05) is 6.07 Å². The third-order valence-electron chi connectivity index (χ3n) is 4.88. The lowest BCUT2D eigenvalue weighted by Gasteiger charge is -2.39. The predicted molar refractivity (Wildman–Crippen MR) is 107 cm³/mol. The van der Waals surface area contributed by atoms with Crippen LogP contribution in [0.15, 0.2) is 48.1 Å². The van der Waals surface area contributed by atoms with Crippen LogP contribution in [-0.4, -0.2) is 45.9 Å². The standard InChI is InChI=1S/C20H19N5OS/c1-13-8-17(22-19(9-13)24-11-14(12-24)26-2)15-10-21-25-6-5-16(23-20(15)25)18-4-3-7-27-18/h3-10,14H,11-12H2,1-2H3. The van der Waals surface area contributed by atoms with Crippen molar-refractivity contribution >= 4 is 22.8 Å². The molecule has 1 aliphatic heterocycles. The number of aryl methyl sites for hydroxylation is 1. The molecule has 0 spiro atoms. The Morgan fingerprint density at radius 3 is 2.81 bits per heavy atom. The van der Waals surface area contributed by atoms with Crippen LogP contribution in [0.25, 0.3) is 27.5 Å². The first kappa shape index (κ1) is 16.4. The number of hydrogen-bond acceptors (Lipinski definition) is 6. The van der Waals surface area contributed by atoms with Crippen molar-refractivity contribution in [3.8, 4) is 21.8 Å². The Kier molecular flexibility index (Phi) is 3.91. The molecule has 6 nitrogen and oxygen atoms in total. The molecule has 0 saturated carbocycles. The van der Waals surface area contributed by atoms with Gasteiger partial charge in [0.05, 0.1) is 34.1 Å². The molecule has 0 atom stereocenters. The van der Waals surface area contributed by atoms with Gasteiger partial charge in [-0.05, 0) is 42.1 Å². The van der Waals surface area contributed by atoms with E-state index in [4.69, 9.17) is 14.7 Å². The SMILES string of the molecule is COC1CN(c2cc(C)cc(-c3cnn4ccc(-c5cccs5)nc34)n2)C1. The van der Waals surface area contributed by atoms with Crippen LogP contribution in [0.4, 0.5) is 5.82 Å². The van der Waals surface area contributed by atoms with Crippen molar-refractivity contribution in [3.63, 3.8) is 0 Å².